The predicted octanol–water partition coefficient (Wildman–Crippen LogP) is 2.97. The Morgan fingerprint density at radius 1 is 1.03 bits per heavy atom. The summed E-state index contributed by atoms with van der Waals surface area (Å²) in [6.07, 6.45) is 1.49. The van der Waals surface area contributed by atoms with Gasteiger partial charge in [-0.05, 0) is 54.1 Å². The lowest BCUT2D eigenvalue weighted by Crippen LogP contribution is -2.41. The van der Waals surface area contributed by atoms with Gasteiger partial charge in [-0.25, -0.2) is 8.42 Å². The van der Waals surface area contributed by atoms with Crippen LogP contribution in [0.4, 0.5) is 5.69 Å². The van der Waals surface area contributed by atoms with Crippen LogP contribution in [0.5, 0.6) is 5.75 Å². The highest BCUT2D eigenvalue weighted by atomic mass is 32.2. The molecule has 0 saturated heterocycles. The maximum absolute atomic E-state index is 13.6. The standard InChI is InChI=1S/C22H21N3O5S2/c1-30-18-11-10-16(21(26)23-24-22(27)19-9-5-13-31-19)14-20(18)32(28,29)25-12-4-7-15-6-2-3-8-17(15)25/h2-3,5-6,8-11,13-14H,4,7,12H2,1H3,(H,23,26)(H,24,27). The van der Waals surface area contributed by atoms with Crippen molar-refractivity contribution in [2.75, 3.05) is 18.0 Å². The third-order valence-corrected chi connectivity index (χ3v) is 7.80. The Morgan fingerprint density at radius 2 is 1.81 bits per heavy atom. The van der Waals surface area contributed by atoms with Crippen molar-refractivity contribution in [3.63, 3.8) is 0 Å². The molecule has 2 amide bonds. The number of hydrogen-bond donors (Lipinski definition) is 2. The molecule has 0 bridgehead atoms. The number of fused-ring (bicyclic) bond motifs is 1. The lowest BCUT2D eigenvalue weighted by molar-refractivity contribution is 0.0848. The average molecular weight is 472 g/mol. The molecule has 0 fully saturated rings. The number of carbonyl (C=O) groups excluding carboxylic acids is 2. The lowest BCUT2D eigenvalue weighted by atomic mass is 10.0. The van der Waals surface area contributed by atoms with E-state index in [4.69, 9.17) is 4.74 Å². The number of carbonyl (C=O) groups is 2. The van der Waals surface area contributed by atoms with Gasteiger partial charge in [-0.2, -0.15) is 0 Å². The van der Waals surface area contributed by atoms with E-state index in [9.17, 15) is 18.0 Å². The third kappa shape index (κ3) is 4.19. The van der Waals surface area contributed by atoms with Gasteiger partial charge in [-0.3, -0.25) is 24.7 Å². The minimum atomic E-state index is -4.00. The van der Waals surface area contributed by atoms with E-state index in [0.717, 1.165) is 12.0 Å². The van der Waals surface area contributed by atoms with Gasteiger partial charge in [0.2, 0.25) is 0 Å². The van der Waals surface area contributed by atoms with E-state index < -0.39 is 21.8 Å². The van der Waals surface area contributed by atoms with Gasteiger partial charge in [0, 0.05) is 12.1 Å². The zero-order chi connectivity index (χ0) is 22.7. The van der Waals surface area contributed by atoms with Crippen LogP contribution in [0.3, 0.4) is 0 Å². The predicted molar refractivity (Wildman–Crippen MR) is 122 cm³/mol. The second kappa shape index (κ2) is 9.01. The minimum absolute atomic E-state index is 0.0705. The molecule has 4 rings (SSSR count). The van der Waals surface area contributed by atoms with Crippen LogP contribution in [0.15, 0.2) is 64.9 Å². The Hall–Kier alpha value is -3.37. The van der Waals surface area contributed by atoms with Crippen LogP contribution in [-0.4, -0.2) is 33.9 Å². The summed E-state index contributed by atoms with van der Waals surface area (Å²) in [4.78, 5) is 25.0. The van der Waals surface area contributed by atoms with E-state index in [1.165, 1.54) is 41.0 Å². The number of rotatable bonds is 5. The van der Waals surface area contributed by atoms with Gasteiger partial charge in [0.25, 0.3) is 21.8 Å². The van der Waals surface area contributed by atoms with Crippen molar-refractivity contribution in [3.8, 4) is 5.75 Å². The summed E-state index contributed by atoms with van der Waals surface area (Å²) < 4.78 is 33.8. The highest BCUT2D eigenvalue weighted by molar-refractivity contribution is 7.93. The summed E-state index contributed by atoms with van der Waals surface area (Å²) >= 11 is 1.23. The monoisotopic (exact) mass is 471 g/mol. The van der Waals surface area contributed by atoms with Crippen molar-refractivity contribution in [1.29, 1.82) is 0 Å². The number of anilines is 1. The van der Waals surface area contributed by atoms with Gasteiger partial charge in [0.15, 0.2) is 0 Å². The Balaban J connectivity index is 1.62. The minimum Gasteiger partial charge on any atom is -0.495 e. The van der Waals surface area contributed by atoms with Crippen molar-refractivity contribution in [3.05, 3.63) is 76.0 Å². The van der Waals surface area contributed by atoms with E-state index in [2.05, 4.69) is 10.9 Å². The number of nitrogens with one attached hydrogen (secondary N) is 2. The highest BCUT2D eigenvalue weighted by Crippen LogP contribution is 2.35. The Kier molecular flexibility index (Phi) is 6.15. The summed E-state index contributed by atoms with van der Waals surface area (Å²) in [6, 6.07) is 14.8. The first-order valence-corrected chi connectivity index (χ1v) is 12.2. The SMILES string of the molecule is COc1ccc(C(=O)NNC(=O)c2cccs2)cc1S(=O)(=O)N1CCCc2ccccc21. The van der Waals surface area contributed by atoms with E-state index in [-0.39, 0.29) is 16.2 Å². The molecular formula is C22H21N3O5S2. The number of sulfonamides is 1. The van der Waals surface area contributed by atoms with E-state index in [1.807, 2.05) is 12.1 Å². The largest absolute Gasteiger partial charge is 0.495 e. The van der Waals surface area contributed by atoms with Crippen molar-refractivity contribution in [1.82, 2.24) is 10.9 Å². The van der Waals surface area contributed by atoms with Gasteiger partial charge in [0.1, 0.15) is 10.6 Å². The van der Waals surface area contributed by atoms with Gasteiger partial charge >= 0.3 is 0 Å². The molecule has 8 nitrogen and oxygen atoms in total. The molecule has 0 radical (unpaired) electrons. The van der Waals surface area contributed by atoms with Gasteiger partial charge in [0.05, 0.1) is 17.7 Å². The molecule has 0 spiro atoms. The molecule has 1 aromatic heterocycles. The van der Waals surface area contributed by atoms with Crippen LogP contribution >= 0.6 is 11.3 Å². The fourth-order valence-electron chi connectivity index (χ4n) is 3.54. The molecule has 1 aliphatic rings. The third-order valence-electron chi connectivity index (χ3n) is 5.10. The van der Waals surface area contributed by atoms with E-state index in [0.29, 0.717) is 23.5 Å². The first kappa shape index (κ1) is 21.8. The van der Waals surface area contributed by atoms with E-state index in [1.54, 1.807) is 29.6 Å². The van der Waals surface area contributed by atoms with Crippen molar-refractivity contribution in [2.45, 2.75) is 17.7 Å². The zero-order valence-electron chi connectivity index (χ0n) is 17.2. The average Bonchev–Trinajstić information content (AvgIpc) is 3.36. The number of ether oxygens (including phenoxy) is 1. The second-order valence-electron chi connectivity index (χ2n) is 7.06. The Morgan fingerprint density at radius 3 is 2.56 bits per heavy atom. The Labute approximate surface area is 189 Å². The maximum atomic E-state index is 13.6. The molecule has 2 aromatic carbocycles. The molecule has 2 heterocycles. The van der Waals surface area contributed by atoms with Gasteiger partial charge in [-0.1, -0.05) is 24.3 Å². The van der Waals surface area contributed by atoms with Crippen molar-refractivity contribution in [2.24, 2.45) is 0 Å². The summed E-state index contributed by atoms with van der Waals surface area (Å²) in [6.45, 7) is 0.329. The molecule has 166 valence electrons. The molecular weight excluding hydrogens is 450 g/mol. The molecule has 0 unspecified atom stereocenters. The molecule has 1 aliphatic heterocycles. The number of aryl methyl sites for hydroxylation is 1. The molecule has 0 atom stereocenters. The second-order valence-corrected chi connectivity index (χ2v) is 9.84. The fourth-order valence-corrected chi connectivity index (χ4v) is 5.89. The molecule has 0 aliphatic carbocycles. The summed E-state index contributed by atoms with van der Waals surface area (Å²) in [5.41, 5.74) is 6.29. The molecule has 3 aromatic rings. The number of thiophene rings is 1. The molecule has 10 heteroatoms. The van der Waals surface area contributed by atoms with Crippen LogP contribution in [0.25, 0.3) is 0 Å². The molecule has 0 saturated carbocycles. The first-order chi connectivity index (χ1) is 15.4. The van der Waals surface area contributed by atoms with Gasteiger partial charge in [-0.15, -0.1) is 11.3 Å². The molecule has 32 heavy (non-hydrogen) atoms. The van der Waals surface area contributed by atoms with Crippen LogP contribution in [-0.2, 0) is 16.4 Å². The maximum Gasteiger partial charge on any atom is 0.279 e. The smallest absolute Gasteiger partial charge is 0.279 e. The number of methoxy groups -OCH3 is 1. The topological polar surface area (TPSA) is 105 Å². The van der Waals surface area contributed by atoms with Crippen molar-refractivity contribution < 1.29 is 22.7 Å². The normalized spacial score (nSPS) is 13.2. The number of hydrogen-bond acceptors (Lipinski definition) is 6. The lowest BCUT2D eigenvalue weighted by Gasteiger charge is -2.31. The quantitative estimate of drug-likeness (QED) is 0.557. The number of para-hydroxylation sites is 1. The van der Waals surface area contributed by atoms with Crippen LogP contribution in [0.2, 0.25) is 0 Å². The number of amides is 2. The fraction of sp³-hybridized carbons (Fsp3) is 0.182. The van der Waals surface area contributed by atoms with Gasteiger partial charge < -0.3 is 4.74 Å². The number of benzene rings is 2. The van der Waals surface area contributed by atoms with Crippen LogP contribution in [0, 0.1) is 0 Å². The van der Waals surface area contributed by atoms with Crippen LogP contribution < -0.4 is 19.9 Å². The first-order valence-electron chi connectivity index (χ1n) is 9.84. The molecule has 2 N–H and O–H groups in total. The van der Waals surface area contributed by atoms with E-state index >= 15 is 0 Å². The summed E-state index contributed by atoms with van der Waals surface area (Å²) in [5, 5.41) is 1.75. The van der Waals surface area contributed by atoms with Crippen molar-refractivity contribution >= 4 is 38.9 Å². The van der Waals surface area contributed by atoms with Crippen LogP contribution in [0.1, 0.15) is 32.0 Å². The highest BCUT2D eigenvalue weighted by Gasteiger charge is 2.32. The zero-order valence-corrected chi connectivity index (χ0v) is 18.8. The number of hydrazine groups is 1. The Bertz CT molecular complexity index is 1260. The summed E-state index contributed by atoms with van der Waals surface area (Å²) in [5.74, 6) is -0.972. The summed E-state index contributed by atoms with van der Waals surface area (Å²) in [7, 11) is -2.62. The number of nitrogens with zero attached hydrogens (tertiary/aromatic N) is 1.